The number of hydrogen-bond acceptors (Lipinski definition) is 2. The normalized spacial score (nSPS) is 11.2. The molecule has 0 heterocycles. The Balaban J connectivity index is 1.18. The van der Waals surface area contributed by atoms with E-state index in [0.717, 1.165) is 34.1 Å². The summed E-state index contributed by atoms with van der Waals surface area (Å²) in [5.74, 6) is 0. The average Bonchev–Trinajstić information content (AvgIpc) is 3.39. The van der Waals surface area contributed by atoms with E-state index in [9.17, 15) is 0 Å². The highest BCUT2D eigenvalue weighted by molar-refractivity contribution is 5.87. The number of hydrogen-bond donors (Lipinski definition) is 0. The Hall–Kier alpha value is -8.20. The molecule has 0 unspecified atom stereocenters. The van der Waals surface area contributed by atoms with Crippen LogP contribution in [0, 0.1) is 0 Å². The van der Waals surface area contributed by atoms with E-state index in [1.165, 1.54) is 55.6 Å². The fourth-order valence-corrected chi connectivity index (χ4v) is 8.99. The predicted molar refractivity (Wildman–Crippen MR) is 276 cm³/mol. The van der Waals surface area contributed by atoms with E-state index < -0.39 is 0 Å². The zero-order valence-corrected chi connectivity index (χ0v) is 36.8. The van der Waals surface area contributed by atoms with Crippen molar-refractivity contribution in [1.29, 1.82) is 0 Å². The molecule has 0 saturated heterocycles. The first-order valence-corrected chi connectivity index (χ1v) is 22.4. The number of nitrogens with zero attached hydrogens (tertiary/aromatic N) is 2. The molecule has 0 amide bonds. The van der Waals surface area contributed by atoms with Gasteiger partial charge >= 0.3 is 0 Å². The molecule has 65 heavy (non-hydrogen) atoms. The molecular weight excluding hydrogens is 785 g/mol. The molecule has 10 rings (SSSR count). The van der Waals surface area contributed by atoms with E-state index in [4.69, 9.17) is 0 Å². The van der Waals surface area contributed by atoms with Crippen molar-refractivity contribution in [3.8, 4) is 44.5 Å². The van der Waals surface area contributed by atoms with Gasteiger partial charge in [-0.1, -0.05) is 220 Å². The summed E-state index contributed by atoms with van der Waals surface area (Å²) in [4.78, 5) is 4.84. The van der Waals surface area contributed by atoms with Gasteiger partial charge < -0.3 is 9.80 Å². The highest BCUT2D eigenvalue weighted by atomic mass is 15.2. The minimum Gasteiger partial charge on any atom is -0.310 e. The van der Waals surface area contributed by atoms with Crippen LogP contribution in [0.5, 0.6) is 0 Å². The molecule has 0 bridgehead atoms. The van der Waals surface area contributed by atoms with E-state index in [0.29, 0.717) is 0 Å². The van der Waals surface area contributed by atoms with Gasteiger partial charge in [-0.15, -0.1) is 0 Å². The Kier molecular flexibility index (Phi) is 11.5. The predicted octanol–water partition coefficient (Wildman–Crippen LogP) is 17.6. The van der Waals surface area contributed by atoms with Crippen molar-refractivity contribution in [3.05, 3.63) is 278 Å². The van der Waals surface area contributed by atoms with Crippen LogP contribution in [0.4, 0.5) is 34.1 Å². The third-order valence-electron chi connectivity index (χ3n) is 12.6. The maximum Gasteiger partial charge on any atom is 0.0523 e. The summed E-state index contributed by atoms with van der Waals surface area (Å²) < 4.78 is 0. The van der Waals surface area contributed by atoms with Crippen molar-refractivity contribution in [3.63, 3.8) is 0 Å². The summed E-state index contributed by atoms with van der Waals surface area (Å²) in [6.07, 6.45) is 0. The average molecular weight is 835 g/mol. The van der Waals surface area contributed by atoms with Gasteiger partial charge in [0.25, 0.3) is 0 Å². The summed E-state index contributed by atoms with van der Waals surface area (Å²) in [6, 6.07) is 96.4. The van der Waals surface area contributed by atoms with Crippen LogP contribution in [0.2, 0.25) is 0 Å². The van der Waals surface area contributed by atoms with E-state index in [2.05, 4.69) is 291 Å². The molecule has 0 aliphatic carbocycles. The Morgan fingerprint density at radius 3 is 0.831 bits per heavy atom. The van der Waals surface area contributed by atoms with E-state index >= 15 is 0 Å². The molecule has 0 aromatic heterocycles. The molecule has 0 atom stereocenters. The minimum atomic E-state index is -0.360. The zero-order chi connectivity index (χ0) is 44.0. The molecule has 0 radical (unpaired) electrons. The molecule has 312 valence electrons. The zero-order valence-electron chi connectivity index (χ0n) is 36.8. The largest absolute Gasteiger partial charge is 0.310 e. The van der Waals surface area contributed by atoms with Crippen LogP contribution >= 0.6 is 0 Å². The van der Waals surface area contributed by atoms with Crippen LogP contribution in [0.25, 0.3) is 44.5 Å². The molecule has 0 aliphatic rings. The Morgan fingerprint density at radius 2 is 0.508 bits per heavy atom. The fourth-order valence-electron chi connectivity index (χ4n) is 8.99. The summed E-state index contributed by atoms with van der Waals surface area (Å²) in [6.45, 7) is 4.69. The lowest BCUT2D eigenvalue weighted by atomic mass is 9.77. The van der Waals surface area contributed by atoms with Crippen LogP contribution in [0.1, 0.15) is 25.0 Å². The number of anilines is 6. The molecule has 0 fully saturated rings. The third-order valence-corrected chi connectivity index (χ3v) is 12.6. The standard InChI is InChI=1S/C63H50N2/c1-63(2,55-26-16-7-17-27-55)61-45-44-60(64(56-36-28-51(29-37-56)47-18-8-3-9-19-47)57-38-30-52(31-39-57)48-20-10-4-11-21-48)46-62(61)65(58-40-32-53(33-41-58)49-22-12-5-13-23-49)59-42-34-54(35-43-59)50-24-14-6-15-25-50/h3-46H,1-2H3. The second-order valence-electron chi connectivity index (χ2n) is 17.0. The molecule has 0 spiro atoms. The van der Waals surface area contributed by atoms with Crippen molar-refractivity contribution in [2.24, 2.45) is 0 Å². The summed E-state index contributed by atoms with van der Waals surface area (Å²) in [5, 5.41) is 0. The smallest absolute Gasteiger partial charge is 0.0523 e. The lowest BCUT2D eigenvalue weighted by Crippen LogP contribution is -2.24. The lowest BCUT2D eigenvalue weighted by molar-refractivity contribution is 0.641. The van der Waals surface area contributed by atoms with E-state index in [1.807, 2.05) is 0 Å². The second kappa shape index (κ2) is 18.3. The van der Waals surface area contributed by atoms with Crippen molar-refractivity contribution >= 4 is 34.1 Å². The first-order valence-electron chi connectivity index (χ1n) is 22.4. The van der Waals surface area contributed by atoms with Gasteiger partial charge in [0.1, 0.15) is 0 Å². The topological polar surface area (TPSA) is 6.48 Å². The highest BCUT2D eigenvalue weighted by Crippen LogP contribution is 2.48. The third kappa shape index (κ3) is 8.63. The summed E-state index contributed by atoms with van der Waals surface area (Å²) in [5.41, 5.74) is 18.0. The highest BCUT2D eigenvalue weighted by Gasteiger charge is 2.30. The molecule has 0 aliphatic heterocycles. The maximum atomic E-state index is 2.45. The van der Waals surface area contributed by atoms with Gasteiger partial charge in [0.2, 0.25) is 0 Å². The monoisotopic (exact) mass is 834 g/mol. The van der Waals surface area contributed by atoms with Gasteiger partial charge in [-0.25, -0.2) is 0 Å². The first-order chi connectivity index (χ1) is 32.0. The van der Waals surface area contributed by atoms with Gasteiger partial charge in [-0.05, 0) is 116 Å². The van der Waals surface area contributed by atoms with Crippen LogP contribution in [0.3, 0.4) is 0 Å². The molecule has 2 nitrogen and oxygen atoms in total. The molecule has 0 N–H and O–H groups in total. The Labute approximate surface area is 384 Å². The Bertz CT molecular complexity index is 2930. The molecule has 10 aromatic carbocycles. The quantitative estimate of drug-likeness (QED) is 0.121. The summed E-state index contributed by atoms with van der Waals surface area (Å²) >= 11 is 0. The van der Waals surface area contributed by atoms with Gasteiger partial charge in [0.15, 0.2) is 0 Å². The fraction of sp³-hybridized carbons (Fsp3) is 0.0476. The van der Waals surface area contributed by atoms with Crippen molar-refractivity contribution in [2.45, 2.75) is 19.3 Å². The van der Waals surface area contributed by atoms with Crippen LogP contribution < -0.4 is 9.80 Å². The van der Waals surface area contributed by atoms with Crippen LogP contribution in [-0.2, 0) is 5.41 Å². The molecule has 0 saturated carbocycles. The van der Waals surface area contributed by atoms with Gasteiger partial charge in [-0.2, -0.15) is 0 Å². The van der Waals surface area contributed by atoms with Gasteiger partial charge in [0.05, 0.1) is 5.69 Å². The number of rotatable bonds is 12. The van der Waals surface area contributed by atoms with Crippen molar-refractivity contribution in [2.75, 3.05) is 9.80 Å². The summed E-state index contributed by atoms with van der Waals surface area (Å²) in [7, 11) is 0. The maximum absolute atomic E-state index is 2.45. The Morgan fingerprint density at radius 1 is 0.246 bits per heavy atom. The van der Waals surface area contributed by atoms with Crippen LogP contribution in [-0.4, -0.2) is 0 Å². The van der Waals surface area contributed by atoms with Crippen molar-refractivity contribution in [1.82, 2.24) is 0 Å². The van der Waals surface area contributed by atoms with Crippen LogP contribution in [0.15, 0.2) is 267 Å². The molecule has 10 aromatic rings. The molecule has 2 heteroatoms. The minimum absolute atomic E-state index is 0.360. The SMILES string of the molecule is CC(C)(c1ccccc1)c1ccc(N(c2ccc(-c3ccccc3)cc2)c2ccc(-c3ccccc3)cc2)cc1N(c1ccc(-c2ccccc2)cc1)c1ccc(-c2ccccc2)cc1. The second-order valence-corrected chi connectivity index (χ2v) is 17.0. The molecular formula is C63H50N2. The van der Waals surface area contributed by atoms with Gasteiger partial charge in [0, 0.05) is 33.9 Å². The number of benzene rings is 10. The first kappa shape index (κ1) is 40.8. The lowest BCUT2D eigenvalue weighted by Gasteiger charge is -2.36. The van der Waals surface area contributed by atoms with E-state index in [1.54, 1.807) is 0 Å². The van der Waals surface area contributed by atoms with E-state index in [-0.39, 0.29) is 5.41 Å². The van der Waals surface area contributed by atoms with Crippen molar-refractivity contribution < 1.29 is 0 Å². The van der Waals surface area contributed by atoms with Gasteiger partial charge in [-0.3, -0.25) is 0 Å².